The third-order valence-electron chi connectivity index (χ3n) is 2.07. The number of hydrogen-bond acceptors (Lipinski definition) is 2. The number of thioether (sulfide) groups is 1. The van der Waals surface area contributed by atoms with E-state index in [4.69, 9.17) is 5.73 Å². The molecule has 4 heteroatoms. The number of nitrogens with one attached hydrogen (secondary N) is 1. The van der Waals surface area contributed by atoms with Crippen molar-refractivity contribution in [1.82, 2.24) is 5.32 Å². The molecule has 1 aromatic rings. The van der Waals surface area contributed by atoms with Gasteiger partial charge in [-0.2, -0.15) is 11.8 Å². The highest BCUT2D eigenvalue weighted by atomic mass is 32.2. The van der Waals surface area contributed by atoms with Gasteiger partial charge in [-0.25, -0.2) is 0 Å². The van der Waals surface area contributed by atoms with Crippen molar-refractivity contribution in [3.8, 4) is 0 Å². The molecule has 17 heavy (non-hydrogen) atoms. The van der Waals surface area contributed by atoms with Crippen LogP contribution in [0.5, 0.6) is 0 Å². The molecule has 0 spiro atoms. The molecular formula is C13H21N3S. The topological polar surface area (TPSA) is 50.4 Å². The lowest BCUT2D eigenvalue weighted by molar-refractivity contribution is 0.725. The lowest BCUT2D eigenvalue weighted by Crippen LogP contribution is -2.36. The Labute approximate surface area is 108 Å². The molecule has 1 aromatic carbocycles. The quantitative estimate of drug-likeness (QED) is 0.463. The zero-order chi connectivity index (χ0) is 12.5. The number of aliphatic imine (C=N–C) groups is 1. The van der Waals surface area contributed by atoms with Crippen LogP contribution in [0.3, 0.4) is 0 Å². The number of nitrogens with zero attached hydrogens (tertiary/aromatic N) is 1. The van der Waals surface area contributed by atoms with Crippen LogP contribution >= 0.6 is 11.8 Å². The molecular weight excluding hydrogens is 230 g/mol. The van der Waals surface area contributed by atoms with Crippen molar-refractivity contribution >= 4 is 17.7 Å². The van der Waals surface area contributed by atoms with E-state index in [2.05, 4.69) is 34.6 Å². The van der Waals surface area contributed by atoms with Gasteiger partial charge in [0, 0.05) is 17.5 Å². The third-order valence-corrected chi connectivity index (χ3v) is 3.07. The lowest BCUT2D eigenvalue weighted by Gasteiger charge is -2.08. The van der Waals surface area contributed by atoms with E-state index >= 15 is 0 Å². The van der Waals surface area contributed by atoms with Crippen molar-refractivity contribution < 1.29 is 0 Å². The van der Waals surface area contributed by atoms with Gasteiger partial charge in [0.1, 0.15) is 0 Å². The number of hydrogen-bond donors (Lipinski definition) is 2. The van der Waals surface area contributed by atoms with Crippen molar-refractivity contribution in [3.63, 3.8) is 0 Å². The van der Waals surface area contributed by atoms with Crippen molar-refractivity contribution in [2.24, 2.45) is 10.7 Å². The summed E-state index contributed by atoms with van der Waals surface area (Å²) in [5.41, 5.74) is 7.05. The predicted octanol–water partition coefficient (Wildman–Crippen LogP) is 2.23. The van der Waals surface area contributed by atoms with E-state index < -0.39 is 0 Å². The van der Waals surface area contributed by atoms with Crippen molar-refractivity contribution in [2.45, 2.75) is 25.6 Å². The third kappa shape index (κ3) is 6.89. The van der Waals surface area contributed by atoms with E-state index in [0.717, 1.165) is 18.1 Å². The van der Waals surface area contributed by atoms with Crippen LogP contribution in [0.2, 0.25) is 0 Å². The van der Waals surface area contributed by atoms with Crippen molar-refractivity contribution in [2.75, 3.05) is 12.3 Å². The normalized spacial score (nSPS) is 11.8. The van der Waals surface area contributed by atoms with E-state index in [1.165, 1.54) is 5.56 Å². The molecule has 0 heterocycles. The van der Waals surface area contributed by atoms with Gasteiger partial charge in [0.05, 0.1) is 6.54 Å². The first-order valence-corrected chi connectivity index (χ1v) is 7.02. The van der Waals surface area contributed by atoms with Crippen LogP contribution in [0.25, 0.3) is 0 Å². The van der Waals surface area contributed by atoms with Gasteiger partial charge < -0.3 is 11.1 Å². The van der Waals surface area contributed by atoms with Gasteiger partial charge in [0.15, 0.2) is 5.96 Å². The summed E-state index contributed by atoms with van der Waals surface area (Å²) >= 11 is 1.88. The van der Waals surface area contributed by atoms with Gasteiger partial charge in [-0.1, -0.05) is 30.3 Å². The monoisotopic (exact) mass is 251 g/mol. The second-order valence-electron chi connectivity index (χ2n) is 4.10. The Hall–Kier alpha value is -1.16. The van der Waals surface area contributed by atoms with Crippen LogP contribution in [0.4, 0.5) is 0 Å². The zero-order valence-corrected chi connectivity index (χ0v) is 11.3. The Morgan fingerprint density at radius 1 is 1.35 bits per heavy atom. The maximum absolute atomic E-state index is 5.70. The van der Waals surface area contributed by atoms with Crippen LogP contribution in [0.15, 0.2) is 35.3 Å². The van der Waals surface area contributed by atoms with Crippen LogP contribution in [0, 0.1) is 0 Å². The van der Waals surface area contributed by atoms with Gasteiger partial charge >= 0.3 is 0 Å². The van der Waals surface area contributed by atoms with Crippen LogP contribution < -0.4 is 11.1 Å². The minimum atomic E-state index is 0.343. The molecule has 0 bridgehead atoms. The number of rotatable bonds is 6. The molecule has 3 nitrogen and oxygen atoms in total. The molecule has 0 aromatic heterocycles. The largest absolute Gasteiger partial charge is 0.370 e. The molecule has 94 valence electrons. The first-order chi connectivity index (χ1) is 8.18. The minimum absolute atomic E-state index is 0.343. The van der Waals surface area contributed by atoms with E-state index in [-0.39, 0.29) is 0 Å². The van der Waals surface area contributed by atoms with Gasteiger partial charge in [-0.05, 0) is 19.4 Å². The van der Waals surface area contributed by atoms with Crippen LogP contribution in [0.1, 0.15) is 19.4 Å². The van der Waals surface area contributed by atoms with E-state index in [9.17, 15) is 0 Å². The molecule has 3 N–H and O–H groups in total. The maximum atomic E-state index is 5.70. The van der Waals surface area contributed by atoms with E-state index in [1.807, 2.05) is 31.7 Å². The van der Waals surface area contributed by atoms with E-state index in [1.54, 1.807) is 0 Å². The highest BCUT2D eigenvalue weighted by Crippen LogP contribution is 2.10. The summed E-state index contributed by atoms with van der Waals surface area (Å²) in [6.45, 7) is 4.86. The molecule has 0 amide bonds. The Morgan fingerprint density at radius 3 is 2.71 bits per heavy atom. The number of nitrogens with two attached hydrogens (primary N) is 1. The molecule has 0 unspecified atom stereocenters. The average molecular weight is 251 g/mol. The summed E-state index contributed by atoms with van der Waals surface area (Å²) in [4.78, 5) is 4.26. The number of benzene rings is 1. The summed E-state index contributed by atoms with van der Waals surface area (Å²) in [5.74, 6) is 2.57. The lowest BCUT2D eigenvalue weighted by atomic mass is 10.2. The standard InChI is InChI=1S/C13H21N3S/c1-11(2)16-13(14)15-8-9-17-10-12-6-4-3-5-7-12/h3-7,11H,8-10H2,1-2H3,(H3,14,15,16). The molecule has 0 saturated heterocycles. The van der Waals surface area contributed by atoms with Crippen molar-refractivity contribution in [1.29, 1.82) is 0 Å². The number of guanidine groups is 1. The highest BCUT2D eigenvalue weighted by Gasteiger charge is 1.95. The van der Waals surface area contributed by atoms with Crippen LogP contribution in [-0.2, 0) is 5.75 Å². The molecule has 0 aliphatic carbocycles. The Morgan fingerprint density at radius 2 is 2.06 bits per heavy atom. The van der Waals surface area contributed by atoms with Gasteiger partial charge in [0.2, 0.25) is 0 Å². The van der Waals surface area contributed by atoms with E-state index in [0.29, 0.717) is 12.0 Å². The summed E-state index contributed by atoms with van der Waals surface area (Å²) in [6.07, 6.45) is 0. The molecule has 0 fully saturated rings. The zero-order valence-electron chi connectivity index (χ0n) is 10.5. The predicted molar refractivity (Wildman–Crippen MR) is 77.4 cm³/mol. The smallest absolute Gasteiger partial charge is 0.188 e. The maximum Gasteiger partial charge on any atom is 0.188 e. The minimum Gasteiger partial charge on any atom is -0.370 e. The summed E-state index contributed by atoms with van der Waals surface area (Å²) in [7, 11) is 0. The van der Waals surface area contributed by atoms with Crippen LogP contribution in [-0.4, -0.2) is 24.3 Å². The fraction of sp³-hybridized carbons (Fsp3) is 0.462. The average Bonchev–Trinajstić information content (AvgIpc) is 2.29. The molecule has 0 aliphatic heterocycles. The Kier molecular flexibility index (Phi) is 6.55. The molecule has 0 saturated carbocycles. The molecule has 0 radical (unpaired) electrons. The first-order valence-electron chi connectivity index (χ1n) is 5.86. The van der Waals surface area contributed by atoms with Gasteiger partial charge in [0.25, 0.3) is 0 Å². The molecule has 0 aliphatic rings. The fourth-order valence-electron chi connectivity index (χ4n) is 1.34. The second kappa shape index (κ2) is 8.01. The highest BCUT2D eigenvalue weighted by molar-refractivity contribution is 7.98. The first kappa shape index (κ1) is 13.9. The summed E-state index contributed by atoms with van der Waals surface area (Å²) < 4.78 is 0. The second-order valence-corrected chi connectivity index (χ2v) is 5.21. The molecule has 1 rings (SSSR count). The van der Waals surface area contributed by atoms with Gasteiger partial charge in [-0.15, -0.1) is 0 Å². The van der Waals surface area contributed by atoms with Crippen molar-refractivity contribution in [3.05, 3.63) is 35.9 Å². The SMILES string of the molecule is CC(C)NC(N)=NCCSCc1ccccc1. The fourth-order valence-corrected chi connectivity index (χ4v) is 2.13. The molecule has 0 atom stereocenters. The summed E-state index contributed by atoms with van der Waals surface area (Å²) in [6, 6.07) is 10.8. The Balaban J connectivity index is 2.12. The van der Waals surface area contributed by atoms with Gasteiger partial charge in [-0.3, -0.25) is 4.99 Å². The summed E-state index contributed by atoms with van der Waals surface area (Å²) in [5, 5.41) is 3.07. The Bertz CT molecular complexity index is 336.